The fourth-order valence-electron chi connectivity index (χ4n) is 1.83. The van der Waals surface area contributed by atoms with Crippen molar-refractivity contribution in [2.45, 2.75) is 45.6 Å². The maximum absolute atomic E-state index is 9.61. The number of allylic oxidation sites excluding steroid dienone is 1. The van der Waals surface area contributed by atoms with Crippen molar-refractivity contribution in [2.75, 3.05) is 7.11 Å². The van der Waals surface area contributed by atoms with Crippen LogP contribution in [0.2, 0.25) is 0 Å². The third-order valence-electron chi connectivity index (χ3n) is 2.92. The third kappa shape index (κ3) is 4.92. The number of aliphatic hydroxyl groups is 1. The van der Waals surface area contributed by atoms with E-state index in [4.69, 9.17) is 4.74 Å². The van der Waals surface area contributed by atoms with Crippen LogP contribution >= 0.6 is 0 Å². The van der Waals surface area contributed by atoms with E-state index in [9.17, 15) is 5.11 Å². The van der Waals surface area contributed by atoms with E-state index in [-0.39, 0.29) is 0 Å². The molecule has 0 saturated heterocycles. The molecule has 0 atom stereocenters. The number of methoxy groups -OCH3 is 1. The summed E-state index contributed by atoms with van der Waals surface area (Å²) < 4.78 is 5.30. The van der Waals surface area contributed by atoms with E-state index in [1.165, 1.54) is 11.1 Å². The van der Waals surface area contributed by atoms with Crippen LogP contribution in [0.3, 0.4) is 0 Å². The van der Waals surface area contributed by atoms with E-state index in [2.05, 4.69) is 31.2 Å². The second-order valence-corrected chi connectivity index (χ2v) is 5.18. The van der Waals surface area contributed by atoms with Crippen LogP contribution in [-0.2, 0) is 6.42 Å². The maximum atomic E-state index is 9.61. The molecule has 0 aromatic heterocycles. The predicted octanol–water partition coefficient (Wildman–Crippen LogP) is 3.82. The fourth-order valence-corrected chi connectivity index (χ4v) is 1.83. The van der Waals surface area contributed by atoms with Gasteiger partial charge < -0.3 is 9.84 Å². The zero-order valence-corrected chi connectivity index (χ0v) is 11.9. The highest BCUT2D eigenvalue weighted by atomic mass is 16.5. The first kappa shape index (κ1) is 14.8. The Morgan fingerprint density at radius 1 is 1.33 bits per heavy atom. The van der Waals surface area contributed by atoms with E-state index in [0.29, 0.717) is 0 Å². The first-order chi connectivity index (χ1) is 8.46. The van der Waals surface area contributed by atoms with Gasteiger partial charge in [0, 0.05) is 0 Å². The van der Waals surface area contributed by atoms with Gasteiger partial charge in [0.05, 0.1) is 12.7 Å². The van der Waals surface area contributed by atoms with Crippen LogP contribution in [0.1, 0.15) is 44.7 Å². The van der Waals surface area contributed by atoms with Crippen LogP contribution in [0, 0.1) is 0 Å². The molecule has 0 aliphatic carbocycles. The van der Waals surface area contributed by atoms with Crippen molar-refractivity contribution in [2.24, 2.45) is 0 Å². The Labute approximate surface area is 110 Å². The molecule has 0 amide bonds. The largest absolute Gasteiger partial charge is 0.496 e. The monoisotopic (exact) mass is 248 g/mol. The van der Waals surface area contributed by atoms with E-state index >= 15 is 0 Å². The number of hydrogen-bond acceptors (Lipinski definition) is 2. The van der Waals surface area contributed by atoms with Gasteiger partial charge >= 0.3 is 0 Å². The summed E-state index contributed by atoms with van der Waals surface area (Å²) >= 11 is 0. The molecule has 1 rings (SSSR count). The highest BCUT2D eigenvalue weighted by Gasteiger charge is 2.09. The van der Waals surface area contributed by atoms with Crippen molar-refractivity contribution in [3.63, 3.8) is 0 Å². The van der Waals surface area contributed by atoms with Crippen LogP contribution in [0.4, 0.5) is 0 Å². The van der Waals surface area contributed by atoms with Gasteiger partial charge in [-0.25, -0.2) is 0 Å². The van der Waals surface area contributed by atoms with Gasteiger partial charge in [0.2, 0.25) is 0 Å². The smallest absolute Gasteiger partial charge is 0.122 e. The van der Waals surface area contributed by atoms with Gasteiger partial charge in [0.1, 0.15) is 5.75 Å². The molecule has 0 aliphatic heterocycles. The summed E-state index contributed by atoms with van der Waals surface area (Å²) in [5.74, 6) is 0.950. The number of ether oxygens (including phenoxy) is 1. The van der Waals surface area contributed by atoms with Crippen LogP contribution in [0.15, 0.2) is 24.3 Å². The van der Waals surface area contributed by atoms with E-state index in [1.807, 2.05) is 19.9 Å². The lowest BCUT2D eigenvalue weighted by Gasteiger charge is -2.14. The molecule has 1 N–H and O–H groups in total. The Balaban J connectivity index is 2.65. The quantitative estimate of drug-likeness (QED) is 0.829. The summed E-state index contributed by atoms with van der Waals surface area (Å²) in [6.45, 7) is 5.80. The average Bonchev–Trinajstić information content (AvgIpc) is 2.33. The van der Waals surface area contributed by atoms with E-state index in [1.54, 1.807) is 7.11 Å². The molecule has 0 spiro atoms. The molecule has 2 heteroatoms. The van der Waals surface area contributed by atoms with Gasteiger partial charge in [0.15, 0.2) is 0 Å². The minimum Gasteiger partial charge on any atom is -0.496 e. The van der Waals surface area contributed by atoms with Gasteiger partial charge in [-0.3, -0.25) is 0 Å². The molecule has 0 aliphatic rings. The van der Waals surface area contributed by atoms with Crippen molar-refractivity contribution in [1.29, 1.82) is 0 Å². The first-order valence-corrected chi connectivity index (χ1v) is 6.52. The summed E-state index contributed by atoms with van der Waals surface area (Å²) in [7, 11) is 1.70. The lowest BCUT2D eigenvalue weighted by atomic mass is 10.0. The highest BCUT2D eigenvalue weighted by Crippen LogP contribution is 2.21. The second kappa shape index (κ2) is 6.60. The molecule has 18 heavy (non-hydrogen) atoms. The Bertz CT molecular complexity index is 400. The second-order valence-electron chi connectivity index (χ2n) is 5.18. The highest BCUT2D eigenvalue weighted by molar-refractivity contribution is 5.53. The molecule has 0 unspecified atom stereocenters. The number of rotatable bonds is 6. The van der Waals surface area contributed by atoms with Crippen LogP contribution in [0.5, 0.6) is 5.75 Å². The van der Waals surface area contributed by atoms with Crippen LogP contribution in [0.25, 0.3) is 6.08 Å². The Kier molecular flexibility index (Phi) is 5.42. The molecular formula is C16H24O2. The van der Waals surface area contributed by atoms with Crippen LogP contribution < -0.4 is 4.74 Å². The third-order valence-corrected chi connectivity index (χ3v) is 2.92. The minimum absolute atomic E-state index is 0.584. The molecule has 100 valence electrons. The molecule has 0 heterocycles. The number of aryl methyl sites for hydroxylation is 1. The summed E-state index contributed by atoms with van der Waals surface area (Å²) in [6.07, 6.45) is 6.84. The van der Waals surface area contributed by atoms with Crippen molar-refractivity contribution < 1.29 is 9.84 Å². The fraction of sp³-hybridized carbons (Fsp3) is 0.500. The Hall–Kier alpha value is -1.28. The average molecular weight is 248 g/mol. The van der Waals surface area contributed by atoms with Gasteiger partial charge in [0.25, 0.3) is 0 Å². The van der Waals surface area contributed by atoms with Crippen molar-refractivity contribution in [1.82, 2.24) is 0 Å². The Morgan fingerprint density at radius 2 is 2.06 bits per heavy atom. The summed E-state index contributed by atoms with van der Waals surface area (Å²) in [5, 5.41) is 9.61. The lowest BCUT2D eigenvalue weighted by Crippen LogP contribution is -2.17. The normalized spacial score (nSPS) is 12.1. The van der Waals surface area contributed by atoms with E-state index < -0.39 is 5.60 Å². The topological polar surface area (TPSA) is 29.5 Å². The van der Waals surface area contributed by atoms with Crippen molar-refractivity contribution in [3.05, 3.63) is 35.4 Å². The number of hydrogen-bond donors (Lipinski definition) is 1. The first-order valence-electron chi connectivity index (χ1n) is 6.52. The van der Waals surface area contributed by atoms with E-state index in [0.717, 1.165) is 25.0 Å². The SMILES string of the molecule is CCc1cc(/C=C/CCC(C)(C)O)ccc1OC. The summed E-state index contributed by atoms with van der Waals surface area (Å²) in [5.41, 5.74) is 1.82. The summed E-state index contributed by atoms with van der Waals surface area (Å²) in [4.78, 5) is 0. The molecule has 1 aromatic rings. The van der Waals surface area contributed by atoms with Gasteiger partial charge in [-0.05, 0) is 56.4 Å². The standard InChI is InChI=1S/C16H24O2/c1-5-14-12-13(9-10-15(14)18-4)8-6-7-11-16(2,3)17/h6,8-10,12,17H,5,7,11H2,1-4H3/b8-6+. The molecule has 0 radical (unpaired) electrons. The molecule has 0 bridgehead atoms. The van der Waals surface area contributed by atoms with Gasteiger partial charge in [-0.2, -0.15) is 0 Å². The predicted molar refractivity (Wildman–Crippen MR) is 76.9 cm³/mol. The molecule has 0 fully saturated rings. The lowest BCUT2D eigenvalue weighted by molar-refractivity contribution is 0.0722. The molecule has 0 saturated carbocycles. The molecule has 2 nitrogen and oxygen atoms in total. The summed E-state index contributed by atoms with van der Waals surface area (Å²) in [6, 6.07) is 6.21. The molecular weight excluding hydrogens is 224 g/mol. The minimum atomic E-state index is -0.584. The van der Waals surface area contributed by atoms with Gasteiger partial charge in [-0.15, -0.1) is 0 Å². The number of benzene rings is 1. The van der Waals surface area contributed by atoms with Gasteiger partial charge in [-0.1, -0.05) is 25.1 Å². The van der Waals surface area contributed by atoms with Crippen molar-refractivity contribution >= 4 is 6.08 Å². The van der Waals surface area contributed by atoms with Crippen molar-refractivity contribution in [3.8, 4) is 5.75 Å². The Morgan fingerprint density at radius 3 is 2.61 bits per heavy atom. The zero-order valence-electron chi connectivity index (χ0n) is 11.9. The zero-order chi connectivity index (χ0) is 13.6. The van der Waals surface area contributed by atoms with Crippen LogP contribution in [-0.4, -0.2) is 17.8 Å². The molecule has 1 aromatic carbocycles. The maximum Gasteiger partial charge on any atom is 0.122 e.